The fourth-order valence-electron chi connectivity index (χ4n) is 3.39. The van der Waals surface area contributed by atoms with Crippen LogP contribution in [0.3, 0.4) is 0 Å². The molecule has 0 saturated heterocycles. The molecule has 0 aromatic heterocycles. The quantitative estimate of drug-likeness (QED) is 0.399. The molecule has 23 heavy (non-hydrogen) atoms. The van der Waals surface area contributed by atoms with Crippen molar-refractivity contribution in [3.8, 4) is 12.3 Å². The normalized spacial score (nSPS) is 26.3. The zero-order valence-corrected chi connectivity index (χ0v) is 14.8. The zero-order chi connectivity index (χ0) is 17.0. The number of hydrogen-bond acceptors (Lipinski definition) is 2. The van der Waals surface area contributed by atoms with Gasteiger partial charge in [-0.15, -0.1) is 6.42 Å². The van der Waals surface area contributed by atoms with E-state index in [1.165, 1.54) is 30.4 Å². The molecule has 0 aliphatic heterocycles. The first-order valence-electron chi connectivity index (χ1n) is 8.52. The summed E-state index contributed by atoms with van der Waals surface area (Å²) < 4.78 is 5.53. The predicted octanol–water partition coefficient (Wildman–Crippen LogP) is 4.83. The van der Waals surface area contributed by atoms with Crippen LogP contribution in [0.4, 0.5) is 0 Å². The standard InChI is InChI=1S/C21H28O2/c1-6-17(13-9-12-16-10-7-8-11-16)23-20(22)19-18(14-15(2)3)21(19,4)5/h1,9-10,13-14,17-19H,7-8,11-12H2,2-5H3. The molecule has 2 aliphatic rings. The summed E-state index contributed by atoms with van der Waals surface area (Å²) in [6, 6.07) is 0. The van der Waals surface area contributed by atoms with Gasteiger partial charge in [0.25, 0.3) is 0 Å². The van der Waals surface area contributed by atoms with Crippen LogP contribution < -0.4 is 0 Å². The van der Waals surface area contributed by atoms with E-state index >= 15 is 0 Å². The number of rotatable bonds is 6. The SMILES string of the molecule is C#CC(C=CCC1=CCCC1)OC(=O)C1C(C=C(C)C)C1(C)C. The minimum absolute atomic E-state index is 0.0358. The topological polar surface area (TPSA) is 26.3 Å². The molecule has 0 amide bonds. The summed E-state index contributed by atoms with van der Waals surface area (Å²) in [4.78, 5) is 12.4. The molecule has 0 radical (unpaired) electrons. The lowest BCUT2D eigenvalue weighted by molar-refractivity contribution is -0.147. The maximum atomic E-state index is 12.4. The molecule has 0 aromatic rings. The molecule has 2 nitrogen and oxygen atoms in total. The highest BCUT2D eigenvalue weighted by molar-refractivity contribution is 5.78. The number of allylic oxidation sites excluding steroid dienone is 5. The fourth-order valence-corrected chi connectivity index (χ4v) is 3.39. The van der Waals surface area contributed by atoms with E-state index in [-0.39, 0.29) is 23.2 Å². The van der Waals surface area contributed by atoms with Crippen molar-refractivity contribution in [1.29, 1.82) is 0 Å². The monoisotopic (exact) mass is 312 g/mol. The van der Waals surface area contributed by atoms with Gasteiger partial charge in [0.2, 0.25) is 0 Å². The second-order valence-corrected chi connectivity index (χ2v) is 7.48. The van der Waals surface area contributed by atoms with Gasteiger partial charge in [0, 0.05) is 0 Å². The molecular weight excluding hydrogens is 284 g/mol. The van der Waals surface area contributed by atoms with Gasteiger partial charge in [0.05, 0.1) is 5.92 Å². The van der Waals surface area contributed by atoms with Crippen LogP contribution in [0.2, 0.25) is 0 Å². The molecule has 2 heteroatoms. The Morgan fingerprint density at radius 3 is 2.83 bits per heavy atom. The third-order valence-corrected chi connectivity index (χ3v) is 4.91. The molecule has 124 valence electrons. The van der Waals surface area contributed by atoms with E-state index in [4.69, 9.17) is 11.2 Å². The summed E-state index contributed by atoms with van der Waals surface area (Å²) in [6.45, 7) is 8.33. The van der Waals surface area contributed by atoms with Gasteiger partial charge < -0.3 is 4.74 Å². The largest absolute Gasteiger partial charge is 0.445 e. The minimum atomic E-state index is -0.562. The first-order valence-corrected chi connectivity index (χ1v) is 8.52. The zero-order valence-electron chi connectivity index (χ0n) is 14.8. The number of ether oxygens (including phenoxy) is 1. The summed E-state index contributed by atoms with van der Waals surface area (Å²) in [5.41, 5.74) is 2.65. The van der Waals surface area contributed by atoms with Gasteiger partial charge in [0.1, 0.15) is 0 Å². The summed E-state index contributed by atoms with van der Waals surface area (Å²) in [7, 11) is 0. The molecule has 1 saturated carbocycles. The van der Waals surface area contributed by atoms with Crippen molar-refractivity contribution < 1.29 is 9.53 Å². The molecule has 0 bridgehead atoms. The Kier molecular flexibility index (Phi) is 5.52. The van der Waals surface area contributed by atoms with E-state index in [0.29, 0.717) is 0 Å². The van der Waals surface area contributed by atoms with Crippen LogP contribution in [-0.2, 0) is 9.53 Å². The van der Waals surface area contributed by atoms with E-state index < -0.39 is 6.10 Å². The van der Waals surface area contributed by atoms with Crippen LogP contribution in [0, 0.1) is 29.6 Å². The summed E-state index contributed by atoms with van der Waals surface area (Å²) in [5.74, 6) is 2.55. The van der Waals surface area contributed by atoms with Crippen LogP contribution in [-0.4, -0.2) is 12.1 Å². The summed E-state index contributed by atoms with van der Waals surface area (Å²) in [6.07, 6.45) is 17.8. The van der Waals surface area contributed by atoms with Crippen LogP contribution in [0.15, 0.2) is 35.5 Å². The minimum Gasteiger partial charge on any atom is -0.445 e. The van der Waals surface area contributed by atoms with Crippen molar-refractivity contribution in [2.75, 3.05) is 0 Å². The van der Waals surface area contributed by atoms with E-state index in [9.17, 15) is 4.79 Å². The van der Waals surface area contributed by atoms with Crippen LogP contribution >= 0.6 is 0 Å². The Morgan fingerprint density at radius 1 is 1.52 bits per heavy atom. The van der Waals surface area contributed by atoms with Crippen LogP contribution in [0.1, 0.15) is 53.4 Å². The molecule has 1 fully saturated rings. The summed E-state index contributed by atoms with van der Waals surface area (Å²) in [5, 5.41) is 0. The van der Waals surface area contributed by atoms with Crippen LogP contribution in [0.25, 0.3) is 0 Å². The van der Waals surface area contributed by atoms with E-state index in [2.05, 4.69) is 45.8 Å². The van der Waals surface area contributed by atoms with Crippen molar-refractivity contribution in [3.63, 3.8) is 0 Å². The lowest BCUT2D eigenvalue weighted by Crippen LogP contribution is -2.18. The highest BCUT2D eigenvalue weighted by Gasteiger charge is 2.61. The number of hydrogen-bond donors (Lipinski definition) is 0. The molecule has 0 N–H and O–H groups in total. The van der Waals surface area contributed by atoms with Crippen molar-refractivity contribution in [2.24, 2.45) is 17.3 Å². The van der Waals surface area contributed by atoms with Gasteiger partial charge in [-0.1, -0.05) is 49.1 Å². The fraction of sp³-hybridized carbons (Fsp3) is 0.571. The molecule has 0 heterocycles. The third-order valence-electron chi connectivity index (χ3n) is 4.91. The van der Waals surface area contributed by atoms with Crippen molar-refractivity contribution in [3.05, 3.63) is 35.5 Å². The lowest BCUT2D eigenvalue weighted by Gasteiger charge is -2.09. The van der Waals surface area contributed by atoms with Gasteiger partial charge in [0.15, 0.2) is 6.10 Å². The number of carbonyl (C=O) groups excluding carboxylic acids is 1. The Balaban J connectivity index is 1.89. The molecular formula is C21H28O2. The Hall–Kier alpha value is -1.75. The molecule has 2 rings (SSSR count). The Morgan fingerprint density at radius 2 is 2.26 bits per heavy atom. The highest BCUT2D eigenvalue weighted by Crippen LogP contribution is 2.59. The maximum absolute atomic E-state index is 12.4. The predicted molar refractivity (Wildman–Crippen MR) is 94.6 cm³/mol. The molecule has 2 aliphatic carbocycles. The number of terminal acetylenes is 1. The van der Waals surface area contributed by atoms with E-state index in [1.807, 2.05) is 12.2 Å². The molecule has 3 unspecified atom stereocenters. The number of carbonyl (C=O) groups is 1. The third kappa shape index (κ3) is 4.38. The van der Waals surface area contributed by atoms with Crippen molar-refractivity contribution >= 4 is 5.97 Å². The highest BCUT2D eigenvalue weighted by atomic mass is 16.5. The van der Waals surface area contributed by atoms with Gasteiger partial charge in [-0.2, -0.15) is 0 Å². The average molecular weight is 312 g/mol. The first-order chi connectivity index (χ1) is 10.9. The van der Waals surface area contributed by atoms with Crippen LogP contribution in [0.5, 0.6) is 0 Å². The van der Waals surface area contributed by atoms with Gasteiger partial charge >= 0.3 is 5.97 Å². The summed E-state index contributed by atoms with van der Waals surface area (Å²) >= 11 is 0. The van der Waals surface area contributed by atoms with E-state index in [0.717, 1.165) is 6.42 Å². The van der Waals surface area contributed by atoms with Gasteiger partial charge in [-0.05, 0) is 56.9 Å². The smallest absolute Gasteiger partial charge is 0.311 e. The van der Waals surface area contributed by atoms with Crippen molar-refractivity contribution in [2.45, 2.75) is 59.5 Å². The Labute approximate surface area is 140 Å². The Bertz CT molecular complexity index is 579. The first kappa shape index (κ1) is 17.6. The van der Waals surface area contributed by atoms with Crippen molar-refractivity contribution in [1.82, 2.24) is 0 Å². The van der Waals surface area contributed by atoms with E-state index in [1.54, 1.807) is 0 Å². The maximum Gasteiger partial charge on any atom is 0.311 e. The second-order valence-electron chi connectivity index (χ2n) is 7.48. The molecule has 0 spiro atoms. The average Bonchev–Trinajstić information content (AvgIpc) is 2.84. The number of esters is 1. The lowest BCUT2D eigenvalue weighted by atomic mass is 10.1. The molecule has 0 aromatic carbocycles. The van der Waals surface area contributed by atoms with Gasteiger partial charge in [-0.3, -0.25) is 4.79 Å². The van der Waals surface area contributed by atoms with Gasteiger partial charge in [-0.25, -0.2) is 0 Å². The molecule has 3 atom stereocenters. The second kappa shape index (κ2) is 7.21.